The predicted molar refractivity (Wildman–Crippen MR) is 225 cm³/mol. The fraction of sp³-hybridized carbons (Fsp3) is 0.864. The second kappa shape index (κ2) is 61.5. The Morgan fingerprint density at radius 1 is 0.314 bits per heavy atom. The van der Waals surface area contributed by atoms with E-state index in [2.05, 4.69) is 0 Å². The molecule has 0 aromatic rings. The molecule has 0 rings (SSSR count). The van der Waals surface area contributed by atoms with E-state index in [1.165, 1.54) is 0 Å². The van der Waals surface area contributed by atoms with Crippen molar-refractivity contribution in [3.63, 3.8) is 0 Å². The third-order valence-corrected chi connectivity index (χ3v) is 6.14. The van der Waals surface area contributed by atoms with Crippen LogP contribution in [0.4, 0.5) is 0 Å². The zero-order valence-corrected chi connectivity index (χ0v) is 50.7. The minimum absolute atomic E-state index is 0. The average Bonchev–Trinajstić information content (AvgIpc) is 3.13. The van der Waals surface area contributed by atoms with Crippen LogP contribution in [0.15, 0.2) is 0 Å². The van der Waals surface area contributed by atoms with Crippen molar-refractivity contribution >= 4 is 35.8 Å². The van der Waals surface area contributed by atoms with E-state index in [1.807, 2.05) is 0 Å². The van der Waals surface area contributed by atoms with Gasteiger partial charge in [-0.05, 0) is 26.2 Å². The molecule has 0 aliphatic heterocycles. The van der Waals surface area contributed by atoms with Crippen LogP contribution >= 0.6 is 0 Å². The first kappa shape index (κ1) is 106. The molecule has 0 amide bonds. The van der Waals surface area contributed by atoms with Crippen LogP contribution in [0, 0.1) is 107 Å². The number of nitrogens with zero attached hydrogens (tertiary/aromatic N) is 2. The number of aliphatic carboxylic acids is 6. The summed E-state index contributed by atoms with van der Waals surface area (Å²) in [5, 5.41) is 133. The number of carbonyl (C=O) groups is 6. The van der Waals surface area contributed by atoms with Crippen LogP contribution in [0.25, 0.3) is 0 Å². The van der Waals surface area contributed by atoms with Crippen LogP contribution in [-0.2, 0) is 62.3 Å². The normalized spacial score (nSPS) is 10.0. The molecule has 26 heteroatoms. The number of carboxylic acids is 6. The molecule has 0 heterocycles. The first-order valence-electron chi connectivity index (χ1n) is 20.5. The second-order valence-electron chi connectivity index (χ2n) is 19.2. The Bertz CT molecular complexity index is 951. The number of aliphatic hydroxyl groups is 2. The molecule has 0 saturated heterocycles. The molecule has 0 aromatic heterocycles. The standard InChI is InChI=1S/2C6H13NO3.6C5H10O2.2CH3O.2Co.2Er/c2*8-4-1-7(2-5-9)3-6-10;6*1-5(2,3)4(6)7;2*1-2;;;;/h2*8H,1-6H2;6*1-3H3,(H,6,7);2*1H3;;;;/q2*-2;;;;;;;2*-1;4*+3/p-6. The van der Waals surface area contributed by atoms with Gasteiger partial charge in [0, 0.05) is 81.4 Å². The Morgan fingerprint density at radius 2 is 0.400 bits per heavy atom. The zero-order chi connectivity index (χ0) is 56.1. The van der Waals surface area contributed by atoms with E-state index < -0.39 is 68.3 Å². The predicted octanol–water partition coefficient (Wildman–Crippen LogP) is -9.36. The Hall–Kier alpha value is -0.0735. The average molecular weight is 1420 g/mol. The quantitative estimate of drug-likeness (QED) is 0.183. The maximum Gasteiger partial charge on any atom is 3.00 e. The third-order valence-electron chi connectivity index (χ3n) is 6.14. The summed E-state index contributed by atoms with van der Waals surface area (Å²) in [4.78, 5) is 62.8. The molecule has 0 aromatic carbocycles. The minimum Gasteiger partial charge on any atom is -0.857 e. The minimum atomic E-state index is -1.01. The number of hydrogen-bond acceptors (Lipinski definition) is 22. The molecule has 434 valence electrons. The van der Waals surface area contributed by atoms with Crippen molar-refractivity contribution in [2.75, 3.05) is 93.1 Å². The van der Waals surface area contributed by atoms with Crippen molar-refractivity contribution in [3.8, 4) is 0 Å². The van der Waals surface area contributed by atoms with Gasteiger partial charge in [0.2, 0.25) is 0 Å². The van der Waals surface area contributed by atoms with Crippen molar-refractivity contribution < 1.29 is 208 Å². The molecule has 2 N–H and O–H groups in total. The van der Waals surface area contributed by atoms with Crippen molar-refractivity contribution in [3.05, 3.63) is 0 Å². The Morgan fingerprint density at radius 3 is 0.443 bits per heavy atom. The van der Waals surface area contributed by atoms with Crippen LogP contribution < -0.4 is 61.3 Å². The molecule has 0 fully saturated rings. The molecule has 0 aliphatic rings. The Labute approximate surface area is 499 Å². The first-order chi connectivity index (χ1) is 29.4. The number of rotatable bonds is 12. The molecular weight excluding hydrogens is 1330 g/mol. The monoisotopic (exact) mass is 1410 g/mol. The number of hydrogen-bond donors (Lipinski definition) is 2. The Kier molecular flexibility index (Phi) is 93.3. The van der Waals surface area contributed by atoms with Gasteiger partial charge in [-0.3, -0.25) is 0 Å². The molecule has 0 aliphatic carbocycles. The summed E-state index contributed by atoms with van der Waals surface area (Å²) in [6.45, 7) is 30.3. The second-order valence-corrected chi connectivity index (χ2v) is 19.2. The SMILES string of the molecule is CC(C)(C)C(=O)[O-].CC(C)(C)C(=O)[O-].CC(C)(C)C(=O)[O-].CC(C)(C)C(=O)[O-].CC(C)(C)C(=O)[O-].CC(C)(C)C(=O)[O-].C[O-].C[O-].[Co+3].[Co+3].[Er+3].[Er+3].[O-]CCN(CC[O-])CCO.[O-]CCN(CC[O-])CCO. The van der Waals surface area contributed by atoms with Gasteiger partial charge in [-0.2, -0.15) is 14.2 Å². The summed E-state index contributed by atoms with van der Waals surface area (Å²) in [5.41, 5.74) is -4.17. The largest absolute Gasteiger partial charge is 3.00 e. The number of aliphatic hydroxyl groups excluding tert-OH is 2. The van der Waals surface area contributed by atoms with Gasteiger partial charge in [-0.1, -0.05) is 125 Å². The summed E-state index contributed by atoms with van der Waals surface area (Å²) in [7, 11) is 1.50. The third kappa shape index (κ3) is 105. The van der Waals surface area contributed by atoms with Crippen LogP contribution in [0.2, 0.25) is 0 Å². The van der Waals surface area contributed by atoms with E-state index in [9.17, 15) is 79.8 Å². The summed E-state index contributed by atoms with van der Waals surface area (Å²) >= 11 is 0. The van der Waals surface area contributed by atoms with Crippen LogP contribution in [0.3, 0.4) is 0 Å². The van der Waals surface area contributed by atoms with Gasteiger partial charge in [0.25, 0.3) is 0 Å². The molecule has 0 spiro atoms. The molecule has 0 unspecified atom stereocenters. The Balaban J connectivity index is -0.0000000420. The van der Waals surface area contributed by atoms with Crippen LogP contribution in [0.5, 0.6) is 0 Å². The number of carbonyl (C=O) groups excluding carboxylic acids is 6. The summed E-state index contributed by atoms with van der Waals surface area (Å²) in [6, 6.07) is 0. The molecule has 0 saturated carbocycles. The van der Waals surface area contributed by atoms with E-state index in [0.29, 0.717) is 39.3 Å². The van der Waals surface area contributed by atoms with Gasteiger partial charge in [0.05, 0.1) is 13.2 Å². The van der Waals surface area contributed by atoms with Gasteiger partial charge in [0.15, 0.2) is 0 Å². The van der Waals surface area contributed by atoms with Crippen LogP contribution in [0.1, 0.15) is 125 Å². The first-order valence-corrected chi connectivity index (χ1v) is 20.5. The van der Waals surface area contributed by atoms with Crippen LogP contribution in [-0.4, -0.2) is 149 Å². The van der Waals surface area contributed by atoms with E-state index in [1.54, 1.807) is 134 Å². The van der Waals surface area contributed by atoms with Gasteiger partial charge >= 0.3 is 108 Å². The fourth-order valence-corrected chi connectivity index (χ4v) is 1.47. The summed E-state index contributed by atoms with van der Waals surface area (Å²) in [5.74, 6) is -6.04. The van der Waals surface area contributed by atoms with Crippen molar-refractivity contribution in [2.45, 2.75) is 125 Å². The van der Waals surface area contributed by atoms with E-state index >= 15 is 0 Å². The van der Waals surface area contributed by atoms with Crippen molar-refractivity contribution in [1.82, 2.24) is 9.80 Å². The van der Waals surface area contributed by atoms with Crippen molar-refractivity contribution in [1.29, 1.82) is 0 Å². The van der Waals surface area contributed by atoms with Gasteiger partial charge < -0.3 is 110 Å². The zero-order valence-electron chi connectivity index (χ0n) is 44.9. The van der Waals surface area contributed by atoms with Gasteiger partial charge in [-0.15, -0.1) is 26.4 Å². The summed E-state index contributed by atoms with van der Waals surface area (Å²) < 4.78 is 0. The fourth-order valence-electron chi connectivity index (χ4n) is 1.47. The van der Waals surface area contributed by atoms with Crippen molar-refractivity contribution in [2.24, 2.45) is 32.5 Å². The maximum atomic E-state index is 10.1. The molecule has 2 radical (unpaired) electrons. The maximum absolute atomic E-state index is 10.1. The molecule has 22 nitrogen and oxygen atoms in total. The molecular formula is C44H86Co2Er2N2O20. The van der Waals surface area contributed by atoms with E-state index in [0.717, 1.165) is 14.2 Å². The molecule has 0 bridgehead atoms. The topological polar surface area (TPSA) is 426 Å². The summed E-state index contributed by atoms with van der Waals surface area (Å²) in [6.07, 6.45) is 0. The van der Waals surface area contributed by atoms with E-state index in [-0.39, 0.29) is 148 Å². The molecule has 70 heavy (non-hydrogen) atoms. The van der Waals surface area contributed by atoms with Gasteiger partial charge in [-0.25, -0.2) is 0 Å². The number of carboxylic acid groups (broad SMARTS) is 6. The molecule has 0 atom stereocenters. The van der Waals surface area contributed by atoms with Gasteiger partial charge in [0.1, 0.15) is 0 Å². The van der Waals surface area contributed by atoms with E-state index in [4.69, 9.17) is 20.4 Å². The smallest absolute Gasteiger partial charge is 0.857 e.